The third-order valence-electron chi connectivity index (χ3n) is 3.78. The second kappa shape index (κ2) is 10.7. The standard InChI is InChI=1S/C20H22N4O2S2/c1-2-15-8-10-16(11-9-15)22-19-23-24-20(28-19)27-14-18(25)21-12-13-26-17-6-4-3-5-7-17/h3-11H,2,12-14H2,1H3,(H,21,25)(H,22,23). The quantitative estimate of drug-likeness (QED) is 0.384. The van der Waals surface area contributed by atoms with E-state index in [1.54, 1.807) is 0 Å². The first-order chi connectivity index (χ1) is 13.7. The van der Waals surface area contributed by atoms with Gasteiger partial charge < -0.3 is 15.4 Å². The van der Waals surface area contributed by atoms with Gasteiger partial charge in [-0.2, -0.15) is 0 Å². The van der Waals surface area contributed by atoms with E-state index >= 15 is 0 Å². The summed E-state index contributed by atoms with van der Waals surface area (Å²) in [4.78, 5) is 11.9. The van der Waals surface area contributed by atoms with Crippen molar-refractivity contribution in [1.29, 1.82) is 0 Å². The molecule has 0 radical (unpaired) electrons. The van der Waals surface area contributed by atoms with Gasteiger partial charge in [0.15, 0.2) is 4.34 Å². The van der Waals surface area contributed by atoms with Crippen LogP contribution >= 0.6 is 23.1 Å². The number of para-hydroxylation sites is 1. The number of ether oxygens (including phenoxy) is 1. The molecule has 1 amide bonds. The van der Waals surface area contributed by atoms with Gasteiger partial charge in [-0.25, -0.2) is 0 Å². The molecule has 0 saturated heterocycles. The molecular weight excluding hydrogens is 392 g/mol. The molecule has 3 aromatic rings. The van der Waals surface area contributed by atoms with E-state index in [9.17, 15) is 4.79 Å². The Morgan fingerprint density at radius 1 is 1.11 bits per heavy atom. The molecule has 3 rings (SSSR count). The molecule has 2 N–H and O–H groups in total. The van der Waals surface area contributed by atoms with Crippen LogP contribution < -0.4 is 15.4 Å². The van der Waals surface area contributed by atoms with Crippen LogP contribution in [0.2, 0.25) is 0 Å². The minimum atomic E-state index is -0.0541. The number of rotatable bonds is 10. The van der Waals surface area contributed by atoms with E-state index in [0.717, 1.165) is 22.2 Å². The van der Waals surface area contributed by atoms with Gasteiger partial charge in [0.05, 0.1) is 12.3 Å². The number of thioether (sulfide) groups is 1. The number of amides is 1. The van der Waals surface area contributed by atoms with Crippen molar-refractivity contribution in [3.8, 4) is 5.75 Å². The average Bonchev–Trinajstić information content (AvgIpc) is 3.18. The van der Waals surface area contributed by atoms with Gasteiger partial charge in [0, 0.05) is 5.69 Å². The summed E-state index contributed by atoms with van der Waals surface area (Å²) < 4.78 is 6.30. The fourth-order valence-electron chi connectivity index (χ4n) is 2.32. The smallest absolute Gasteiger partial charge is 0.230 e. The van der Waals surface area contributed by atoms with Crippen molar-refractivity contribution in [1.82, 2.24) is 15.5 Å². The number of benzene rings is 2. The van der Waals surface area contributed by atoms with Gasteiger partial charge in [-0.15, -0.1) is 10.2 Å². The summed E-state index contributed by atoms with van der Waals surface area (Å²) in [5.74, 6) is 1.04. The maximum atomic E-state index is 11.9. The second-order valence-corrected chi connectivity index (χ2v) is 8.05. The highest BCUT2D eigenvalue weighted by Crippen LogP contribution is 2.27. The van der Waals surface area contributed by atoms with Gasteiger partial charge in [0.2, 0.25) is 11.0 Å². The number of carbonyl (C=O) groups is 1. The molecule has 0 aliphatic rings. The van der Waals surface area contributed by atoms with Crippen LogP contribution in [0, 0.1) is 0 Å². The Morgan fingerprint density at radius 2 is 1.89 bits per heavy atom. The topological polar surface area (TPSA) is 76.1 Å². The van der Waals surface area contributed by atoms with Gasteiger partial charge in [0.25, 0.3) is 0 Å². The highest BCUT2D eigenvalue weighted by molar-refractivity contribution is 8.01. The third kappa shape index (κ3) is 6.54. The molecule has 8 heteroatoms. The molecule has 1 heterocycles. The van der Waals surface area contributed by atoms with Crippen molar-refractivity contribution >= 4 is 39.8 Å². The maximum Gasteiger partial charge on any atom is 0.230 e. The molecule has 0 aliphatic carbocycles. The largest absolute Gasteiger partial charge is 0.492 e. The normalized spacial score (nSPS) is 10.5. The van der Waals surface area contributed by atoms with E-state index in [1.807, 2.05) is 42.5 Å². The summed E-state index contributed by atoms with van der Waals surface area (Å²) in [7, 11) is 0. The lowest BCUT2D eigenvalue weighted by Gasteiger charge is -2.07. The van der Waals surface area contributed by atoms with Crippen LogP contribution in [0.3, 0.4) is 0 Å². The van der Waals surface area contributed by atoms with Crippen molar-refractivity contribution in [3.63, 3.8) is 0 Å². The number of nitrogens with one attached hydrogen (secondary N) is 2. The summed E-state index contributed by atoms with van der Waals surface area (Å²) in [6, 6.07) is 17.8. The average molecular weight is 415 g/mol. The Bertz CT molecular complexity index is 869. The first kappa shape index (κ1) is 20.2. The summed E-state index contributed by atoms with van der Waals surface area (Å²) in [6.07, 6.45) is 1.01. The Balaban J connectivity index is 1.35. The van der Waals surface area contributed by atoms with Crippen LogP contribution in [-0.4, -0.2) is 35.0 Å². The van der Waals surface area contributed by atoms with E-state index < -0.39 is 0 Å². The molecule has 0 saturated carbocycles. The van der Waals surface area contributed by atoms with E-state index in [1.165, 1.54) is 28.7 Å². The van der Waals surface area contributed by atoms with Crippen molar-refractivity contribution in [2.24, 2.45) is 0 Å². The van der Waals surface area contributed by atoms with E-state index in [0.29, 0.717) is 24.0 Å². The van der Waals surface area contributed by atoms with E-state index in [-0.39, 0.29) is 5.91 Å². The number of aromatic nitrogens is 2. The van der Waals surface area contributed by atoms with Gasteiger partial charge in [-0.3, -0.25) is 4.79 Å². The van der Waals surface area contributed by atoms with Gasteiger partial charge >= 0.3 is 0 Å². The zero-order chi connectivity index (χ0) is 19.6. The first-order valence-electron chi connectivity index (χ1n) is 9.00. The maximum absolute atomic E-state index is 11.9. The summed E-state index contributed by atoms with van der Waals surface area (Å²) in [5, 5.41) is 15.0. The number of hydrogen-bond acceptors (Lipinski definition) is 7. The number of carbonyl (C=O) groups excluding carboxylic acids is 1. The molecule has 0 unspecified atom stereocenters. The lowest BCUT2D eigenvalue weighted by molar-refractivity contribution is -0.118. The van der Waals surface area contributed by atoms with Crippen LogP contribution in [0.4, 0.5) is 10.8 Å². The predicted octanol–water partition coefficient (Wildman–Crippen LogP) is 4.13. The molecule has 2 aromatic carbocycles. The van der Waals surface area contributed by atoms with Crippen LogP contribution in [0.1, 0.15) is 12.5 Å². The summed E-state index contributed by atoms with van der Waals surface area (Å²) >= 11 is 2.80. The Kier molecular flexibility index (Phi) is 7.69. The molecule has 0 fully saturated rings. The molecule has 0 spiro atoms. The lowest BCUT2D eigenvalue weighted by atomic mass is 10.1. The summed E-state index contributed by atoms with van der Waals surface area (Å²) in [5.41, 5.74) is 2.26. The van der Waals surface area contributed by atoms with E-state index in [2.05, 4.69) is 39.9 Å². The van der Waals surface area contributed by atoms with Crippen LogP contribution in [0.25, 0.3) is 0 Å². The third-order valence-corrected chi connectivity index (χ3v) is 5.75. The monoisotopic (exact) mass is 414 g/mol. The molecule has 0 aliphatic heterocycles. The Labute approximate surface area is 172 Å². The molecule has 0 atom stereocenters. The van der Waals surface area contributed by atoms with E-state index in [4.69, 9.17) is 4.74 Å². The Morgan fingerprint density at radius 3 is 2.64 bits per heavy atom. The molecule has 6 nitrogen and oxygen atoms in total. The van der Waals surface area contributed by atoms with Crippen LogP contribution in [0.5, 0.6) is 5.75 Å². The Hall–Kier alpha value is -2.58. The van der Waals surface area contributed by atoms with Crippen molar-refractivity contribution in [2.45, 2.75) is 17.7 Å². The second-order valence-electron chi connectivity index (χ2n) is 5.85. The van der Waals surface area contributed by atoms with Crippen LogP contribution in [0.15, 0.2) is 58.9 Å². The van der Waals surface area contributed by atoms with Crippen molar-refractivity contribution in [3.05, 3.63) is 60.2 Å². The van der Waals surface area contributed by atoms with Crippen LogP contribution in [-0.2, 0) is 11.2 Å². The number of aryl methyl sites for hydroxylation is 1. The molecule has 1 aromatic heterocycles. The fraction of sp³-hybridized carbons (Fsp3) is 0.250. The lowest BCUT2D eigenvalue weighted by Crippen LogP contribution is -2.29. The molecule has 146 valence electrons. The highest BCUT2D eigenvalue weighted by atomic mass is 32.2. The number of anilines is 2. The number of hydrogen-bond donors (Lipinski definition) is 2. The zero-order valence-corrected chi connectivity index (χ0v) is 17.2. The summed E-state index contributed by atoms with van der Waals surface area (Å²) in [6.45, 7) is 3.03. The fourth-order valence-corrected chi connectivity index (χ4v) is 3.92. The SMILES string of the molecule is CCc1ccc(Nc2nnc(SCC(=O)NCCOc3ccccc3)s2)cc1. The minimum absolute atomic E-state index is 0.0541. The molecule has 0 bridgehead atoms. The van der Waals surface area contributed by atoms with Gasteiger partial charge in [-0.05, 0) is 36.2 Å². The van der Waals surface area contributed by atoms with Crippen molar-refractivity contribution in [2.75, 3.05) is 24.2 Å². The highest BCUT2D eigenvalue weighted by Gasteiger charge is 2.08. The molecular formula is C20H22N4O2S2. The molecule has 28 heavy (non-hydrogen) atoms. The number of nitrogens with zero attached hydrogens (tertiary/aromatic N) is 2. The predicted molar refractivity (Wildman–Crippen MR) is 115 cm³/mol. The first-order valence-corrected chi connectivity index (χ1v) is 10.8. The zero-order valence-electron chi connectivity index (χ0n) is 15.6. The van der Waals surface area contributed by atoms with Gasteiger partial charge in [-0.1, -0.05) is 60.4 Å². The van der Waals surface area contributed by atoms with Gasteiger partial charge in [0.1, 0.15) is 12.4 Å². The van der Waals surface area contributed by atoms with Crippen molar-refractivity contribution < 1.29 is 9.53 Å². The minimum Gasteiger partial charge on any atom is -0.492 e.